The van der Waals surface area contributed by atoms with Gasteiger partial charge in [0.25, 0.3) is 0 Å². The van der Waals surface area contributed by atoms with Crippen molar-refractivity contribution in [3.63, 3.8) is 0 Å². The van der Waals surface area contributed by atoms with Gasteiger partial charge in [0.1, 0.15) is 5.82 Å². The summed E-state index contributed by atoms with van der Waals surface area (Å²) in [5, 5.41) is 3.33. The highest BCUT2D eigenvalue weighted by Gasteiger charge is 2.03. The van der Waals surface area contributed by atoms with Crippen LogP contribution in [-0.2, 0) is 0 Å². The molecule has 0 spiro atoms. The quantitative estimate of drug-likeness (QED) is 0.823. The van der Waals surface area contributed by atoms with Crippen LogP contribution in [0.1, 0.15) is 6.92 Å². The molecule has 0 aliphatic rings. The van der Waals surface area contributed by atoms with Crippen LogP contribution >= 0.6 is 11.8 Å². The molecule has 0 amide bonds. The van der Waals surface area contributed by atoms with E-state index in [1.165, 1.54) is 5.75 Å². The zero-order valence-electron chi connectivity index (χ0n) is 10.4. The van der Waals surface area contributed by atoms with Gasteiger partial charge in [-0.05, 0) is 24.0 Å². The predicted octanol–water partition coefficient (Wildman–Crippen LogP) is 1.95. The summed E-state index contributed by atoms with van der Waals surface area (Å²) in [5.74, 6) is 3.44. The number of rotatable bonds is 6. The van der Waals surface area contributed by atoms with E-state index < -0.39 is 0 Å². The second-order valence-corrected chi connectivity index (χ2v) is 4.99. The largest absolute Gasteiger partial charge is 0.370 e. The van der Waals surface area contributed by atoms with E-state index in [1.807, 2.05) is 36.8 Å². The second kappa shape index (κ2) is 6.58. The van der Waals surface area contributed by atoms with Crippen LogP contribution in [-0.4, -0.2) is 42.6 Å². The Balaban J connectivity index is 2.50. The van der Waals surface area contributed by atoms with Crippen LogP contribution in [0.25, 0.3) is 0 Å². The fourth-order valence-electron chi connectivity index (χ4n) is 1.28. The van der Waals surface area contributed by atoms with E-state index in [0.29, 0.717) is 5.92 Å². The second-order valence-electron chi connectivity index (χ2n) is 4.08. The van der Waals surface area contributed by atoms with Crippen LogP contribution in [0.5, 0.6) is 0 Å². The van der Waals surface area contributed by atoms with Crippen LogP contribution < -0.4 is 10.2 Å². The third kappa shape index (κ3) is 4.26. The van der Waals surface area contributed by atoms with E-state index in [2.05, 4.69) is 28.5 Å². The van der Waals surface area contributed by atoms with Crippen molar-refractivity contribution in [1.82, 2.24) is 9.97 Å². The Morgan fingerprint density at radius 2 is 2.25 bits per heavy atom. The molecule has 0 aromatic carbocycles. The summed E-state index contributed by atoms with van der Waals surface area (Å²) in [5.41, 5.74) is 0. The Bertz CT molecular complexity index is 317. The molecule has 1 aromatic heterocycles. The lowest BCUT2D eigenvalue weighted by atomic mass is 10.2. The maximum Gasteiger partial charge on any atom is 0.226 e. The van der Waals surface area contributed by atoms with E-state index in [9.17, 15) is 0 Å². The lowest BCUT2D eigenvalue weighted by molar-refractivity contribution is 0.699. The first kappa shape index (κ1) is 13.1. The van der Waals surface area contributed by atoms with Gasteiger partial charge < -0.3 is 10.2 Å². The number of anilines is 2. The predicted molar refractivity (Wildman–Crippen MR) is 72.4 cm³/mol. The summed E-state index contributed by atoms with van der Waals surface area (Å²) in [6.07, 6.45) is 3.91. The van der Waals surface area contributed by atoms with Crippen LogP contribution in [0.2, 0.25) is 0 Å². The number of hydrogen-bond donors (Lipinski definition) is 1. The molecule has 1 rings (SSSR count). The van der Waals surface area contributed by atoms with Crippen molar-refractivity contribution in [2.45, 2.75) is 6.92 Å². The number of hydrogen-bond acceptors (Lipinski definition) is 5. The molecule has 0 fully saturated rings. The first-order valence-electron chi connectivity index (χ1n) is 5.36. The van der Waals surface area contributed by atoms with Crippen LogP contribution in [0.4, 0.5) is 11.8 Å². The Labute approximate surface area is 102 Å². The topological polar surface area (TPSA) is 41.1 Å². The SMILES string of the molecule is CSCC(C)CNc1ccnc(N(C)C)n1. The Kier molecular flexibility index (Phi) is 5.38. The Hall–Kier alpha value is -0.970. The highest BCUT2D eigenvalue weighted by atomic mass is 32.2. The van der Waals surface area contributed by atoms with Crippen molar-refractivity contribution in [3.8, 4) is 0 Å². The molecule has 1 heterocycles. The fourth-order valence-corrected chi connectivity index (χ4v) is 1.97. The summed E-state index contributed by atoms with van der Waals surface area (Å²) in [7, 11) is 3.88. The minimum Gasteiger partial charge on any atom is -0.370 e. The van der Waals surface area contributed by atoms with Crippen LogP contribution in [0.15, 0.2) is 12.3 Å². The van der Waals surface area contributed by atoms with E-state index in [4.69, 9.17) is 0 Å². The number of nitrogens with one attached hydrogen (secondary N) is 1. The van der Waals surface area contributed by atoms with Crippen molar-refractivity contribution in [2.75, 3.05) is 42.9 Å². The van der Waals surface area contributed by atoms with Crippen molar-refractivity contribution >= 4 is 23.5 Å². The number of thioether (sulfide) groups is 1. The molecule has 0 aliphatic carbocycles. The summed E-state index contributed by atoms with van der Waals surface area (Å²) in [6, 6.07) is 1.90. The summed E-state index contributed by atoms with van der Waals surface area (Å²) in [4.78, 5) is 10.5. The molecule has 4 nitrogen and oxygen atoms in total. The molecule has 1 atom stereocenters. The van der Waals surface area contributed by atoms with E-state index >= 15 is 0 Å². The van der Waals surface area contributed by atoms with Gasteiger partial charge in [0.2, 0.25) is 5.95 Å². The summed E-state index contributed by atoms with van der Waals surface area (Å²) < 4.78 is 0. The standard InChI is InChI=1S/C11H20N4S/c1-9(8-16-4)7-13-10-5-6-12-11(14-10)15(2)3/h5-6,9H,7-8H2,1-4H3,(H,12,13,14). The van der Waals surface area contributed by atoms with Gasteiger partial charge in [0.15, 0.2) is 0 Å². The lowest BCUT2D eigenvalue weighted by Gasteiger charge is -2.14. The van der Waals surface area contributed by atoms with Crippen molar-refractivity contribution in [3.05, 3.63) is 12.3 Å². The molecule has 0 radical (unpaired) electrons. The van der Waals surface area contributed by atoms with Gasteiger partial charge in [0.05, 0.1) is 0 Å². The van der Waals surface area contributed by atoms with Gasteiger partial charge in [-0.1, -0.05) is 6.92 Å². The first-order valence-corrected chi connectivity index (χ1v) is 6.76. The summed E-state index contributed by atoms with van der Waals surface area (Å²) in [6.45, 7) is 3.18. The van der Waals surface area contributed by atoms with E-state index in [0.717, 1.165) is 18.3 Å². The molecular weight excluding hydrogens is 220 g/mol. The molecule has 0 saturated heterocycles. The zero-order chi connectivity index (χ0) is 12.0. The minimum absolute atomic E-state index is 0.646. The van der Waals surface area contributed by atoms with Gasteiger partial charge in [-0.3, -0.25) is 0 Å². The summed E-state index contributed by atoms with van der Waals surface area (Å²) >= 11 is 1.87. The smallest absolute Gasteiger partial charge is 0.226 e. The van der Waals surface area contributed by atoms with Crippen molar-refractivity contribution < 1.29 is 0 Å². The third-order valence-corrected chi connectivity index (χ3v) is 3.03. The normalized spacial score (nSPS) is 12.2. The van der Waals surface area contributed by atoms with Gasteiger partial charge >= 0.3 is 0 Å². The fraction of sp³-hybridized carbons (Fsp3) is 0.636. The molecule has 1 N–H and O–H groups in total. The van der Waals surface area contributed by atoms with Gasteiger partial charge in [0, 0.05) is 26.8 Å². The molecule has 1 aromatic rings. The maximum absolute atomic E-state index is 4.40. The molecule has 1 unspecified atom stereocenters. The van der Waals surface area contributed by atoms with E-state index in [-0.39, 0.29) is 0 Å². The van der Waals surface area contributed by atoms with Gasteiger partial charge in [-0.2, -0.15) is 16.7 Å². The maximum atomic E-state index is 4.40. The minimum atomic E-state index is 0.646. The van der Waals surface area contributed by atoms with E-state index in [1.54, 1.807) is 6.20 Å². The van der Waals surface area contributed by atoms with Crippen molar-refractivity contribution in [1.29, 1.82) is 0 Å². The molecule has 0 bridgehead atoms. The molecular formula is C11H20N4S. The average molecular weight is 240 g/mol. The number of aromatic nitrogens is 2. The molecule has 16 heavy (non-hydrogen) atoms. The van der Waals surface area contributed by atoms with Crippen molar-refractivity contribution in [2.24, 2.45) is 5.92 Å². The number of nitrogens with zero attached hydrogens (tertiary/aromatic N) is 3. The highest BCUT2D eigenvalue weighted by molar-refractivity contribution is 7.98. The zero-order valence-corrected chi connectivity index (χ0v) is 11.2. The van der Waals surface area contributed by atoms with Gasteiger partial charge in [-0.25, -0.2) is 4.98 Å². The van der Waals surface area contributed by atoms with Gasteiger partial charge in [-0.15, -0.1) is 0 Å². The molecule has 90 valence electrons. The van der Waals surface area contributed by atoms with Crippen LogP contribution in [0, 0.1) is 5.92 Å². The first-order chi connectivity index (χ1) is 7.63. The average Bonchev–Trinajstić information content (AvgIpc) is 2.27. The molecule has 5 heteroatoms. The Morgan fingerprint density at radius 3 is 2.88 bits per heavy atom. The third-order valence-electron chi connectivity index (χ3n) is 2.13. The Morgan fingerprint density at radius 1 is 1.50 bits per heavy atom. The van der Waals surface area contributed by atoms with Crippen LogP contribution in [0.3, 0.4) is 0 Å². The molecule has 0 aliphatic heterocycles. The molecule has 0 saturated carbocycles. The lowest BCUT2D eigenvalue weighted by Crippen LogP contribution is -2.16. The highest BCUT2D eigenvalue weighted by Crippen LogP contribution is 2.10. The monoisotopic (exact) mass is 240 g/mol.